The summed E-state index contributed by atoms with van der Waals surface area (Å²) in [5.74, 6) is 1.67. The maximum Gasteiger partial charge on any atom is 0.237 e. The molecular weight excluding hydrogens is 356 g/mol. The van der Waals surface area contributed by atoms with Crippen LogP contribution >= 0.6 is 23.1 Å². The van der Waals surface area contributed by atoms with E-state index in [0.717, 1.165) is 23.7 Å². The Morgan fingerprint density at radius 3 is 2.88 bits per heavy atom. The van der Waals surface area contributed by atoms with Crippen LogP contribution in [0.4, 0.5) is 0 Å². The smallest absolute Gasteiger partial charge is 0.237 e. The van der Waals surface area contributed by atoms with Crippen molar-refractivity contribution in [2.45, 2.75) is 23.9 Å². The Labute approximate surface area is 152 Å². The van der Waals surface area contributed by atoms with E-state index in [9.17, 15) is 0 Å². The van der Waals surface area contributed by atoms with E-state index in [4.69, 9.17) is 4.52 Å². The van der Waals surface area contributed by atoms with Crippen LogP contribution in [0.3, 0.4) is 0 Å². The quantitative estimate of drug-likeness (QED) is 0.461. The number of thiophene rings is 1. The molecule has 4 aromatic rings. The Bertz CT molecular complexity index is 919. The summed E-state index contributed by atoms with van der Waals surface area (Å²) >= 11 is 3.23. The van der Waals surface area contributed by atoms with Gasteiger partial charge in [-0.25, -0.2) is 4.68 Å². The lowest BCUT2D eigenvalue weighted by atomic mass is 10.2. The van der Waals surface area contributed by atoms with E-state index in [1.807, 2.05) is 30.3 Å². The third kappa shape index (κ3) is 3.94. The van der Waals surface area contributed by atoms with Crippen LogP contribution < -0.4 is 0 Å². The first-order valence-electron chi connectivity index (χ1n) is 7.68. The summed E-state index contributed by atoms with van der Waals surface area (Å²) in [4.78, 5) is 5.74. The summed E-state index contributed by atoms with van der Waals surface area (Å²) < 4.78 is 7.12. The average molecular weight is 370 g/mol. The van der Waals surface area contributed by atoms with E-state index in [2.05, 4.69) is 43.2 Å². The van der Waals surface area contributed by atoms with Gasteiger partial charge in [0.1, 0.15) is 0 Å². The van der Waals surface area contributed by atoms with Gasteiger partial charge in [0, 0.05) is 16.9 Å². The predicted molar refractivity (Wildman–Crippen MR) is 95.1 cm³/mol. The summed E-state index contributed by atoms with van der Waals surface area (Å²) in [6.07, 6.45) is 0.912. The third-order valence-electron chi connectivity index (χ3n) is 3.47. The second kappa shape index (κ2) is 7.58. The molecule has 7 nitrogen and oxygen atoms in total. The van der Waals surface area contributed by atoms with Crippen molar-refractivity contribution >= 4 is 23.1 Å². The van der Waals surface area contributed by atoms with Gasteiger partial charge in [-0.3, -0.25) is 0 Å². The zero-order chi connectivity index (χ0) is 16.9. The van der Waals surface area contributed by atoms with Gasteiger partial charge in [0.05, 0.1) is 12.3 Å². The van der Waals surface area contributed by atoms with Crippen LogP contribution in [0.15, 0.2) is 57.5 Å². The van der Waals surface area contributed by atoms with E-state index < -0.39 is 0 Å². The molecule has 0 fully saturated rings. The lowest BCUT2D eigenvalue weighted by Gasteiger charge is -2.01. The van der Waals surface area contributed by atoms with Crippen molar-refractivity contribution in [3.63, 3.8) is 0 Å². The van der Waals surface area contributed by atoms with E-state index in [1.165, 1.54) is 16.6 Å². The Morgan fingerprint density at radius 2 is 2.04 bits per heavy atom. The van der Waals surface area contributed by atoms with Gasteiger partial charge in [-0.1, -0.05) is 53.3 Å². The second-order valence-corrected chi connectivity index (χ2v) is 7.16. The Balaban J connectivity index is 1.37. The molecule has 25 heavy (non-hydrogen) atoms. The van der Waals surface area contributed by atoms with E-state index in [1.54, 1.807) is 16.0 Å². The summed E-state index contributed by atoms with van der Waals surface area (Å²) in [5.41, 5.74) is 0.934. The molecule has 0 N–H and O–H groups in total. The maximum atomic E-state index is 5.32. The number of nitrogens with zero attached hydrogens (tertiary/aromatic N) is 6. The van der Waals surface area contributed by atoms with Crippen LogP contribution in [0.5, 0.6) is 0 Å². The van der Waals surface area contributed by atoms with Crippen molar-refractivity contribution in [2.24, 2.45) is 0 Å². The van der Waals surface area contributed by atoms with Crippen LogP contribution in [0.1, 0.15) is 10.8 Å². The number of thioether (sulfide) groups is 1. The van der Waals surface area contributed by atoms with Crippen molar-refractivity contribution in [1.29, 1.82) is 0 Å². The Kier molecular flexibility index (Phi) is 4.84. The van der Waals surface area contributed by atoms with Crippen molar-refractivity contribution in [1.82, 2.24) is 30.3 Å². The van der Waals surface area contributed by atoms with E-state index in [-0.39, 0.29) is 0 Å². The van der Waals surface area contributed by atoms with Crippen molar-refractivity contribution in [3.05, 3.63) is 58.6 Å². The van der Waals surface area contributed by atoms with Crippen molar-refractivity contribution < 1.29 is 4.52 Å². The van der Waals surface area contributed by atoms with Gasteiger partial charge in [-0.05, 0) is 21.9 Å². The monoisotopic (exact) mass is 370 g/mol. The molecule has 0 spiro atoms. The second-order valence-electron chi connectivity index (χ2n) is 5.18. The molecule has 0 radical (unpaired) electrons. The molecule has 0 amide bonds. The molecule has 0 aliphatic carbocycles. The van der Waals surface area contributed by atoms with Crippen LogP contribution in [0.2, 0.25) is 0 Å². The summed E-state index contributed by atoms with van der Waals surface area (Å²) in [7, 11) is 0. The van der Waals surface area contributed by atoms with Gasteiger partial charge < -0.3 is 4.52 Å². The van der Waals surface area contributed by atoms with E-state index in [0.29, 0.717) is 17.5 Å². The summed E-state index contributed by atoms with van der Waals surface area (Å²) in [6.45, 7) is 0.745. The largest absolute Gasteiger partial charge is 0.338 e. The zero-order valence-corrected chi connectivity index (χ0v) is 14.8. The Hall–Kier alpha value is -2.52. The first-order chi connectivity index (χ1) is 12.4. The number of aryl methyl sites for hydroxylation is 2. The molecule has 0 unspecified atom stereocenters. The maximum absolute atomic E-state index is 5.32. The first kappa shape index (κ1) is 16.0. The highest BCUT2D eigenvalue weighted by molar-refractivity contribution is 7.98. The summed E-state index contributed by atoms with van der Waals surface area (Å²) in [6, 6.07) is 13.9. The standard InChI is InChI=1S/C16H14N6OS2/c1-2-5-12(6-3-1)15-17-14(23-19-15)11-25-16-18-20-21-22(16)9-8-13-7-4-10-24-13/h1-7,10H,8-9,11H2. The first-order valence-corrected chi connectivity index (χ1v) is 9.54. The van der Waals surface area contributed by atoms with Crippen LogP contribution in [0.25, 0.3) is 11.4 Å². The zero-order valence-electron chi connectivity index (χ0n) is 13.1. The number of tetrazole rings is 1. The molecule has 0 bridgehead atoms. The molecule has 0 aliphatic heterocycles. The fraction of sp³-hybridized carbons (Fsp3) is 0.188. The van der Waals surface area contributed by atoms with Crippen molar-refractivity contribution in [2.75, 3.05) is 0 Å². The fourth-order valence-corrected chi connectivity index (χ4v) is 3.69. The van der Waals surface area contributed by atoms with Crippen LogP contribution in [0, 0.1) is 0 Å². The minimum atomic E-state index is 0.527. The molecule has 0 saturated heterocycles. The molecule has 4 rings (SSSR count). The lowest BCUT2D eigenvalue weighted by molar-refractivity contribution is 0.391. The molecular formula is C16H14N6OS2. The van der Waals surface area contributed by atoms with Gasteiger partial charge in [-0.15, -0.1) is 16.4 Å². The van der Waals surface area contributed by atoms with Gasteiger partial charge in [0.15, 0.2) is 0 Å². The Morgan fingerprint density at radius 1 is 1.12 bits per heavy atom. The molecule has 9 heteroatoms. The molecule has 0 saturated carbocycles. The highest BCUT2D eigenvalue weighted by atomic mass is 32.2. The van der Waals surface area contributed by atoms with E-state index >= 15 is 0 Å². The molecule has 0 aliphatic rings. The SMILES string of the molecule is c1ccc(-c2noc(CSc3nnnn3CCc3cccs3)n2)cc1. The van der Waals surface area contributed by atoms with Gasteiger partial charge in [0.25, 0.3) is 0 Å². The molecule has 0 atom stereocenters. The number of benzene rings is 1. The average Bonchev–Trinajstić information content (AvgIpc) is 3.40. The van der Waals surface area contributed by atoms with Crippen LogP contribution in [-0.2, 0) is 18.7 Å². The molecule has 126 valence electrons. The molecule has 1 aromatic carbocycles. The molecule has 3 heterocycles. The predicted octanol–water partition coefficient (Wildman–Crippen LogP) is 3.32. The lowest BCUT2D eigenvalue weighted by Crippen LogP contribution is -2.04. The van der Waals surface area contributed by atoms with Crippen LogP contribution in [-0.4, -0.2) is 30.3 Å². The van der Waals surface area contributed by atoms with Crippen molar-refractivity contribution in [3.8, 4) is 11.4 Å². The third-order valence-corrected chi connectivity index (χ3v) is 5.35. The molecule has 3 aromatic heterocycles. The van der Waals surface area contributed by atoms with Gasteiger partial charge >= 0.3 is 0 Å². The highest BCUT2D eigenvalue weighted by Gasteiger charge is 2.12. The number of hydrogen-bond donors (Lipinski definition) is 0. The highest BCUT2D eigenvalue weighted by Crippen LogP contribution is 2.22. The number of aromatic nitrogens is 6. The fourth-order valence-electron chi connectivity index (χ4n) is 2.26. The summed E-state index contributed by atoms with van der Waals surface area (Å²) in [5, 5.41) is 18.7. The van der Waals surface area contributed by atoms with Gasteiger partial charge in [0.2, 0.25) is 16.9 Å². The minimum absolute atomic E-state index is 0.527. The number of rotatable bonds is 7. The van der Waals surface area contributed by atoms with Gasteiger partial charge in [-0.2, -0.15) is 4.98 Å². The topological polar surface area (TPSA) is 82.5 Å². The minimum Gasteiger partial charge on any atom is -0.338 e. The number of hydrogen-bond acceptors (Lipinski definition) is 8. The normalized spacial score (nSPS) is 11.0.